The molecule has 3 rings (SSSR count). The average Bonchev–Trinajstić information content (AvgIpc) is 2.94. The number of rotatable bonds is 2. The molecule has 1 heterocycles. The van der Waals surface area contributed by atoms with Gasteiger partial charge in [-0.1, -0.05) is 0 Å². The first-order chi connectivity index (χ1) is 10.1. The summed E-state index contributed by atoms with van der Waals surface area (Å²) in [6.45, 7) is 2.95. The zero-order valence-electron chi connectivity index (χ0n) is 12.0. The SMILES string of the molecule is Cc1cc(C(=O)O)cc(C(=O)N2CCOC3CCCC32)c1. The summed E-state index contributed by atoms with van der Waals surface area (Å²) in [5.74, 6) is -1.09. The van der Waals surface area contributed by atoms with Gasteiger partial charge in [0.25, 0.3) is 5.91 Å². The molecule has 0 bridgehead atoms. The molecule has 1 aromatic rings. The van der Waals surface area contributed by atoms with Gasteiger partial charge in [-0.05, 0) is 49.9 Å². The van der Waals surface area contributed by atoms with Crippen LogP contribution in [0.15, 0.2) is 18.2 Å². The van der Waals surface area contributed by atoms with Crippen LogP contribution in [0, 0.1) is 6.92 Å². The molecular weight excluding hydrogens is 270 g/mol. The minimum absolute atomic E-state index is 0.0820. The normalized spacial score (nSPS) is 24.7. The van der Waals surface area contributed by atoms with Crippen LogP contribution in [-0.2, 0) is 4.74 Å². The van der Waals surface area contributed by atoms with Crippen molar-refractivity contribution in [3.05, 3.63) is 34.9 Å². The Labute approximate surface area is 123 Å². The number of carboxylic acid groups (broad SMARTS) is 1. The number of hydrogen-bond donors (Lipinski definition) is 1. The highest BCUT2D eigenvalue weighted by Gasteiger charge is 2.38. The van der Waals surface area contributed by atoms with Crippen molar-refractivity contribution in [3.8, 4) is 0 Å². The topological polar surface area (TPSA) is 66.8 Å². The maximum absolute atomic E-state index is 12.7. The fraction of sp³-hybridized carbons (Fsp3) is 0.500. The molecule has 0 spiro atoms. The highest BCUT2D eigenvalue weighted by Crippen LogP contribution is 2.30. The van der Waals surface area contributed by atoms with Crippen LogP contribution in [0.1, 0.15) is 45.5 Å². The molecule has 5 nitrogen and oxygen atoms in total. The molecule has 5 heteroatoms. The highest BCUT2D eigenvalue weighted by atomic mass is 16.5. The average molecular weight is 289 g/mol. The molecule has 1 saturated heterocycles. The summed E-state index contributed by atoms with van der Waals surface area (Å²) in [6.07, 6.45) is 3.19. The molecule has 0 aromatic heterocycles. The van der Waals surface area contributed by atoms with Crippen molar-refractivity contribution in [2.45, 2.75) is 38.3 Å². The van der Waals surface area contributed by atoms with E-state index in [4.69, 9.17) is 9.84 Å². The van der Waals surface area contributed by atoms with E-state index in [0.29, 0.717) is 18.7 Å². The van der Waals surface area contributed by atoms with E-state index in [2.05, 4.69) is 0 Å². The first-order valence-corrected chi connectivity index (χ1v) is 7.34. The Morgan fingerprint density at radius 2 is 2.00 bits per heavy atom. The molecule has 2 unspecified atom stereocenters. The maximum Gasteiger partial charge on any atom is 0.335 e. The number of nitrogens with zero attached hydrogens (tertiary/aromatic N) is 1. The second-order valence-corrected chi connectivity index (χ2v) is 5.80. The number of morpholine rings is 1. The Morgan fingerprint density at radius 3 is 2.76 bits per heavy atom. The van der Waals surface area contributed by atoms with Gasteiger partial charge in [0.05, 0.1) is 24.3 Å². The number of carboxylic acids is 1. The molecule has 1 aromatic carbocycles. The summed E-state index contributed by atoms with van der Waals surface area (Å²) in [7, 11) is 0. The van der Waals surface area contributed by atoms with E-state index in [1.54, 1.807) is 19.1 Å². The van der Waals surface area contributed by atoms with Crippen LogP contribution in [0.2, 0.25) is 0 Å². The summed E-state index contributed by atoms with van der Waals surface area (Å²) in [5.41, 5.74) is 1.41. The number of carbonyl (C=O) groups excluding carboxylic acids is 1. The van der Waals surface area contributed by atoms with Gasteiger partial charge >= 0.3 is 5.97 Å². The second-order valence-electron chi connectivity index (χ2n) is 5.80. The Bertz CT molecular complexity index is 584. The standard InChI is InChI=1S/C16H19NO4/c1-10-7-11(9-12(8-10)16(19)20)15(18)17-5-6-21-14-4-2-3-13(14)17/h7-9,13-14H,2-6H2,1H3,(H,19,20). The van der Waals surface area contributed by atoms with Crippen LogP contribution < -0.4 is 0 Å². The lowest BCUT2D eigenvalue weighted by Crippen LogP contribution is -2.51. The molecule has 2 fully saturated rings. The van der Waals surface area contributed by atoms with E-state index >= 15 is 0 Å². The number of benzene rings is 1. The van der Waals surface area contributed by atoms with Gasteiger partial charge in [0.1, 0.15) is 0 Å². The van der Waals surface area contributed by atoms with Crippen LogP contribution in [0.4, 0.5) is 0 Å². The van der Waals surface area contributed by atoms with E-state index in [1.165, 1.54) is 6.07 Å². The number of aryl methyl sites for hydroxylation is 1. The van der Waals surface area contributed by atoms with Crippen LogP contribution in [0.3, 0.4) is 0 Å². The minimum Gasteiger partial charge on any atom is -0.478 e. The van der Waals surface area contributed by atoms with Gasteiger partial charge in [-0.15, -0.1) is 0 Å². The minimum atomic E-state index is -1.01. The summed E-state index contributed by atoms with van der Waals surface area (Å²) < 4.78 is 5.72. The Hall–Kier alpha value is -1.88. The molecular formula is C16H19NO4. The fourth-order valence-corrected chi connectivity index (χ4v) is 3.37. The zero-order chi connectivity index (χ0) is 15.0. The number of aromatic carboxylic acids is 1. The van der Waals surface area contributed by atoms with Crippen LogP contribution in [-0.4, -0.2) is 47.2 Å². The summed E-state index contributed by atoms with van der Waals surface area (Å²) >= 11 is 0. The predicted molar refractivity (Wildman–Crippen MR) is 76.6 cm³/mol. The van der Waals surface area contributed by atoms with Crippen molar-refractivity contribution >= 4 is 11.9 Å². The number of amides is 1. The molecule has 112 valence electrons. The van der Waals surface area contributed by atoms with Crippen molar-refractivity contribution < 1.29 is 19.4 Å². The van der Waals surface area contributed by atoms with E-state index in [-0.39, 0.29) is 23.6 Å². The smallest absolute Gasteiger partial charge is 0.335 e. The van der Waals surface area contributed by atoms with E-state index in [1.807, 2.05) is 4.90 Å². The van der Waals surface area contributed by atoms with Crippen molar-refractivity contribution in [1.82, 2.24) is 4.90 Å². The van der Waals surface area contributed by atoms with E-state index in [0.717, 1.165) is 24.8 Å². The molecule has 2 atom stereocenters. The van der Waals surface area contributed by atoms with Gasteiger partial charge in [-0.2, -0.15) is 0 Å². The molecule has 0 radical (unpaired) electrons. The van der Waals surface area contributed by atoms with E-state index in [9.17, 15) is 9.59 Å². The lowest BCUT2D eigenvalue weighted by atomic mass is 10.0. The molecule has 1 aliphatic carbocycles. The number of ether oxygens (including phenoxy) is 1. The number of hydrogen-bond acceptors (Lipinski definition) is 3. The monoisotopic (exact) mass is 289 g/mol. The Kier molecular flexibility index (Phi) is 3.68. The summed E-state index contributed by atoms with van der Waals surface area (Å²) in [5, 5.41) is 9.13. The fourth-order valence-electron chi connectivity index (χ4n) is 3.37. The van der Waals surface area contributed by atoms with Crippen LogP contribution in [0.25, 0.3) is 0 Å². The number of carbonyl (C=O) groups is 2. The highest BCUT2D eigenvalue weighted by molar-refractivity contribution is 5.98. The zero-order valence-corrected chi connectivity index (χ0v) is 12.0. The molecule has 1 amide bonds. The second kappa shape index (κ2) is 5.48. The molecule has 1 saturated carbocycles. The predicted octanol–water partition coefficient (Wildman–Crippen LogP) is 2.09. The van der Waals surface area contributed by atoms with Gasteiger partial charge in [0, 0.05) is 12.1 Å². The van der Waals surface area contributed by atoms with Crippen molar-refractivity contribution in [2.75, 3.05) is 13.2 Å². The number of fused-ring (bicyclic) bond motifs is 1. The third-order valence-electron chi connectivity index (χ3n) is 4.31. The van der Waals surface area contributed by atoms with Gasteiger partial charge in [-0.3, -0.25) is 4.79 Å². The van der Waals surface area contributed by atoms with Crippen LogP contribution >= 0.6 is 0 Å². The van der Waals surface area contributed by atoms with Gasteiger partial charge < -0.3 is 14.7 Å². The van der Waals surface area contributed by atoms with Gasteiger partial charge in [0.2, 0.25) is 0 Å². The molecule has 1 N–H and O–H groups in total. The molecule has 2 aliphatic rings. The van der Waals surface area contributed by atoms with Gasteiger partial charge in [0.15, 0.2) is 0 Å². The quantitative estimate of drug-likeness (QED) is 0.905. The third kappa shape index (κ3) is 2.65. The van der Waals surface area contributed by atoms with Gasteiger partial charge in [-0.25, -0.2) is 4.79 Å². The lowest BCUT2D eigenvalue weighted by molar-refractivity contribution is -0.0445. The maximum atomic E-state index is 12.7. The Morgan fingerprint density at radius 1 is 1.24 bits per heavy atom. The van der Waals surface area contributed by atoms with E-state index < -0.39 is 5.97 Å². The van der Waals surface area contributed by atoms with Crippen LogP contribution in [0.5, 0.6) is 0 Å². The summed E-state index contributed by atoms with van der Waals surface area (Å²) in [6, 6.07) is 4.95. The third-order valence-corrected chi connectivity index (χ3v) is 4.31. The molecule has 21 heavy (non-hydrogen) atoms. The molecule has 1 aliphatic heterocycles. The van der Waals surface area contributed by atoms with Crippen molar-refractivity contribution in [1.29, 1.82) is 0 Å². The Balaban J connectivity index is 1.89. The van der Waals surface area contributed by atoms with Crippen molar-refractivity contribution in [2.24, 2.45) is 0 Å². The first-order valence-electron chi connectivity index (χ1n) is 7.34. The largest absolute Gasteiger partial charge is 0.478 e. The lowest BCUT2D eigenvalue weighted by Gasteiger charge is -2.37. The summed E-state index contributed by atoms with van der Waals surface area (Å²) in [4.78, 5) is 25.8. The van der Waals surface area contributed by atoms with Crippen molar-refractivity contribution in [3.63, 3.8) is 0 Å². The first kappa shape index (κ1) is 14.1.